The van der Waals surface area contributed by atoms with Crippen LogP contribution in [0.15, 0.2) is 9.52 Å². The van der Waals surface area contributed by atoms with Gasteiger partial charge in [0.1, 0.15) is 5.76 Å². The Morgan fingerprint density at radius 1 is 1.29 bits per heavy atom. The van der Waals surface area contributed by atoms with Gasteiger partial charge >= 0.3 is 0 Å². The van der Waals surface area contributed by atoms with Crippen LogP contribution in [0.2, 0.25) is 0 Å². The Hall–Kier alpha value is -1.60. The van der Waals surface area contributed by atoms with Crippen LogP contribution in [0.5, 0.6) is 0 Å². The van der Waals surface area contributed by atoms with E-state index < -0.39 is 0 Å². The minimum atomic E-state index is 0.665. The van der Waals surface area contributed by atoms with E-state index in [2.05, 4.69) is 25.7 Å². The van der Waals surface area contributed by atoms with E-state index in [9.17, 15) is 0 Å². The maximum absolute atomic E-state index is 5.34. The Kier molecular flexibility index (Phi) is 6.01. The maximum atomic E-state index is 5.34. The molecule has 1 aliphatic heterocycles. The minimum Gasteiger partial charge on any atom is -0.379 e. The van der Waals surface area contributed by atoms with Crippen molar-refractivity contribution in [3.63, 3.8) is 0 Å². The van der Waals surface area contributed by atoms with Gasteiger partial charge in [-0.3, -0.25) is 9.89 Å². The largest absolute Gasteiger partial charge is 0.379 e. The van der Waals surface area contributed by atoms with Crippen LogP contribution in [0.1, 0.15) is 17.0 Å². The second kappa shape index (κ2) is 7.99. The molecule has 1 aromatic rings. The van der Waals surface area contributed by atoms with E-state index in [1.807, 2.05) is 13.8 Å². The van der Waals surface area contributed by atoms with Crippen molar-refractivity contribution in [2.45, 2.75) is 20.4 Å². The summed E-state index contributed by atoms with van der Waals surface area (Å²) < 4.78 is 10.5. The molecule has 0 bridgehead atoms. The van der Waals surface area contributed by atoms with Crippen molar-refractivity contribution in [1.29, 1.82) is 0 Å². The lowest BCUT2D eigenvalue weighted by Gasteiger charge is -2.26. The zero-order valence-electron chi connectivity index (χ0n) is 13.1. The molecule has 0 atom stereocenters. The standard InChI is InChI=1S/C14H25N5O2/c1-11-13(12(2)21-18-11)10-17-14(15-3)16-4-5-19-6-8-20-9-7-19/h4-10H2,1-3H3,(H2,15,16,17). The lowest BCUT2D eigenvalue weighted by atomic mass is 10.2. The number of aryl methyl sites for hydroxylation is 2. The molecule has 0 radical (unpaired) electrons. The molecule has 2 N–H and O–H groups in total. The van der Waals surface area contributed by atoms with Gasteiger partial charge in [-0.25, -0.2) is 0 Å². The average molecular weight is 295 g/mol. The number of guanidine groups is 1. The van der Waals surface area contributed by atoms with Gasteiger partial charge in [-0.05, 0) is 13.8 Å². The van der Waals surface area contributed by atoms with Gasteiger partial charge in [-0.1, -0.05) is 5.16 Å². The van der Waals surface area contributed by atoms with Crippen LogP contribution in [0.25, 0.3) is 0 Å². The highest BCUT2D eigenvalue weighted by Crippen LogP contribution is 2.11. The van der Waals surface area contributed by atoms with Gasteiger partial charge < -0.3 is 19.9 Å². The number of morpholine rings is 1. The first kappa shape index (κ1) is 15.8. The lowest BCUT2D eigenvalue weighted by molar-refractivity contribution is 0.0389. The molecular weight excluding hydrogens is 270 g/mol. The fourth-order valence-corrected chi connectivity index (χ4v) is 2.30. The second-order valence-electron chi connectivity index (χ2n) is 5.11. The van der Waals surface area contributed by atoms with E-state index in [0.717, 1.165) is 62.4 Å². The minimum absolute atomic E-state index is 0.665. The molecule has 0 aliphatic carbocycles. The topological polar surface area (TPSA) is 74.9 Å². The summed E-state index contributed by atoms with van der Waals surface area (Å²) >= 11 is 0. The molecule has 1 aromatic heterocycles. The van der Waals surface area contributed by atoms with E-state index in [-0.39, 0.29) is 0 Å². The van der Waals surface area contributed by atoms with E-state index in [1.54, 1.807) is 7.05 Å². The molecule has 1 fully saturated rings. The van der Waals surface area contributed by atoms with Crippen LogP contribution in [-0.2, 0) is 11.3 Å². The highest BCUT2D eigenvalue weighted by Gasteiger charge is 2.11. The van der Waals surface area contributed by atoms with E-state index in [1.165, 1.54) is 0 Å². The third kappa shape index (κ3) is 4.71. The number of hydrogen-bond donors (Lipinski definition) is 2. The third-order valence-corrected chi connectivity index (χ3v) is 3.66. The Morgan fingerprint density at radius 3 is 2.67 bits per heavy atom. The summed E-state index contributed by atoms with van der Waals surface area (Å²) in [5, 5.41) is 10.6. The molecule has 1 aliphatic rings. The summed E-state index contributed by atoms with van der Waals surface area (Å²) in [6.07, 6.45) is 0. The quantitative estimate of drug-likeness (QED) is 0.601. The Balaban J connectivity index is 1.71. The zero-order valence-corrected chi connectivity index (χ0v) is 13.1. The van der Waals surface area contributed by atoms with Crippen LogP contribution in [0.3, 0.4) is 0 Å². The second-order valence-corrected chi connectivity index (χ2v) is 5.11. The molecule has 2 rings (SSSR count). The highest BCUT2D eigenvalue weighted by molar-refractivity contribution is 5.79. The summed E-state index contributed by atoms with van der Waals surface area (Å²) in [5.74, 6) is 1.65. The summed E-state index contributed by atoms with van der Waals surface area (Å²) in [5.41, 5.74) is 2.01. The first-order chi connectivity index (χ1) is 10.2. The average Bonchev–Trinajstić information content (AvgIpc) is 2.83. The Morgan fingerprint density at radius 2 is 2.05 bits per heavy atom. The van der Waals surface area contributed by atoms with Crippen molar-refractivity contribution >= 4 is 5.96 Å². The van der Waals surface area contributed by atoms with Gasteiger partial charge in [0.05, 0.1) is 18.9 Å². The SMILES string of the molecule is CN=C(NCCN1CCOCC1)NCc1c(C)noc1C. The molecule has 7 heteroatoms. The Labute approximate surface area is 125 Å². The van der Waals surface area contributed by atoms with Crippen molar-refractivity contribution in [2.24, 2.45) is 4.99 Å². The summed E-state index contributed by atoms with van der Waals surface area (Å²) in [6, 6.07) is 0. The summed E-state index contributed by atoms with van der Waals surface area (Å²) in [6.45, 7) is 10.1. The zero-order chi connectivity index (χ0) is 15.1. The Bertz CT molecular complexity index is 446. The van der Waals surface area contributed by atoms with Crippen LogP contribution < -0.4 is 10.6 Å². The predicted molar refractivity (Wildman–Crippen MR) is 81.4 cm³/mol. The number of rotatable bonds is 5. The number of nitrogens with one attached hydrogen (secondary N) is 2. The molecule has 0 unspecified atom stereocenters. The molecular formula is C14H25N5O2. The number of aromatic nitrogens is 1. The molecule has 118 valence electrons. The predicted octanol–water partition coefficient (Wildman–Crippen LogP) is 0.289. The maximum Gasteiger partial charge on any atom is 0.191 e. The number of nitrogens with zero attached hydrogens (tertiary/aromatic N) is 3. The van der Waals surface area contributed by atoms with Crippen molar-refractivity contribution < 1.29 is 9.26 Å². The van der Waals surface area contributed by atoms with Crippen LogP contribution in [0, 0.1) is 13.8 Å². The van der Waals surface area contributed by atoms with E-state index in [4.69, 9.17) is 9.26 Å². The monoisotopic (exact) mass is 295 g/mol. The first-order valence-corrected chi connectivity index (χ1v) is 7.37. The molecule has 0 saturated carbocycles. The van der Waals surface area contributed by atoms with Gasteiger partial charge in [0.25, 0.3) is 0 Å². The van der Waals surface area contributed by atoms with Gasteiger partial charge in [-0.2, -0.15) is 0 Å². The van der Waals surface area contributed by atoms with Crippen molar-refractivity contribution in [3.05, 3.63) is 17.0 Å². The van der Waals surface area contributed by atoms with E-state index >= 15 is 0 Å². The van der Waals surface area contributed by atoms with Crippen molar-refractivity contribution in [1.82, 2.24) is 20.7 Å². The third-order valence-electron chi connectivity index (χ3n) is 3.66. The van der Waals surface area contributed by atoms with Crippen molar-refractivity contribution in [3.8, 4) is 0 Å². The molecule has 21 heavy (non-hydrogen) atoms. The molecule has 0 spiro atoms. The molecule has 0 aromatic carbocycles. The van der Waals surface area contributed by atoms with E-state index in [0.29, 0.717) is 6.54 Å². The smallest absolute Gasteiger partial charge is 0.191 e. The van der Waals surface area contributed by atoms with Gasteiger partial charge in [0.15, 0.2) is 5.96 Å². The fraction of sp³-hybridized carbons (Fsp3) is 0.714. The fourth-order valence-electron chi connectivity index (χ4n) is 2.30. The van der Waals surface area contributed by atoms with Crippen molar-refractivity contribution in [2.75, 3.05) is 46.4 Å². The van der Waals surface area contributed by atoms with Crippen LogP contribution in [-0.4, -0.2) is 62.5 Å². The number of hydrogen-bond acceptors (Lipinski definition) is 5. The first-order valence-electron chi connectivity index (χ1n) is 7.37. The number of ether oxygens (including phenoxy) is 1. The molecule has 1 saturated heterocycles. The normalized spacial score (nSPS) is 17.0. The molecule has 7 nitrogen and oxygen atoms in total. The number of aliphatic imine (C=N–C) groups is 1. The molecule has 0 amide bonds. The van der Waals surface area contributed by atoms with Gasteiger partial charge in [-0.15, -0.1) is 0 Å². The van der Waals surface area contributed by atoms with Gasteiger partial charge in [0, 0.05) is 45.3 Å². The lowest BCUT2D eigenvalue weighted by Crippen LogP contribution is -2.44. The highest BCUT2D eigenvalue weighted by atomic mass is 16.5. The van der Waals surface area contributed by atoms with Crippen LogP contribution >= 0.6 is 0 Å². The summed E-state index contributed by atoms with van der Waals surface area (Å²) in [4.78, 5) is 6.62. The summed E-state index contributed by atoms with van der Waals surface area (Å²) in [7, 11) is 1.78. The molecule has 2 heterocycles. The van der Waals surface area contributed by atoms with Crippen LogP contribution in [0.4, 0.5) is 0 Å². The van der Waals surface area contributed by atoms with Gasteiger partial charge in [0.2, 0.25) is 0 Å².